The van der Waals surface area contributed by atoms with Crippen molar-refractivity contribution in [3.8, 4) is 0 Å². The molecule has 1 fully saturated rings. The summed E-state index contributed by atoms with van der Waals surface area (Å²) in [6.07, 6.45) is 4.29. The molecule has 0 amide bonds. The van der Waals surface area contributed by atoms with E-state index < -0.39 is 0 Å². The van der Waals surface area contributed by atoms with Crippen LogP contribution in [0.4, 0.5) is 0 Å². The lowest BCUT2D eigenvalue weighted by atomic mass is 9.79. The number of hydrogen-bond donors (Lipinski definition) is 0. The van der Waals surface area contributed by atoms with Crippen LogP contribution in [0.1, 0.15) is 47.0 Å². The highest BCUT2D eigenvalue weighted by atomic mass is 14.3. The maximum Gasteiger partial charge on any atom is -0.0173 e. The Balaban J connectivity index is 2.39. The molecule has 0 aromatic rings. The first kappa shape index (κ1) is 9.83. The third-order valence-corrected chi connectivity index (χ3v) is 2.94. The number of allylic oxidation sites excluding steroid dienone is 1. The molecule has 0 saturated heterocycles. The van der Waals surface area contributed by atoms with Crippen molar-refractivity contribution in [1.29, 1.82) is 0 Å². The first-order chi connectivity index (χ1) is 5.41. The molecule has 1 aliphatic rings. The summed E-state index contributed by atoms with van der Waals surface area (Å²) in [5, 5.41) is 0. The largest absolute Gasteiger partial charge is 0.0991 e. The Labute approximate surface area is 77.1 Å². The Morgan fingerprint density at radius 3 is 2.25 bits per heavy atom. The minimum absolute atomic E-state index is 0.300. The third kappa shape index (κ3) is 2.66. The lowest BCUT2D eigenvalue weighted by molar-refractivity contribution is 0.413. The first-order valence-electron chi connectivity index (χ1n) is 5.10. The summed E-state index contributed by atoms with van der Waals surface area (Å²) in [5.74, 6) is 1.75. The van der Waals surface area contributed by atoms with Gasteiger partial charge in [0.25, 0.3) is 0 Å². The Kier molecular flexibility index (Phi) is 2.65. The predicted octanol–water partition coefficient (Wildman–Crippen LogP) is 4.02. The van der Waals surface area contributed by atoms with Gasteiger partial charge in [0.05, 0.1) is 0 Å². The average molecular weight is 166 g/mol. The Hall–Kier alpha value is -0.260. The van der Waals surface area contributed by atoms with Gasteiger partial charge in [-0.05, 0) is 23.7 Å². The van der Waals surface area contributed by atoms with Gasteiger partial charge in [-0.15, -0.1) is 0 Å². The molecule has 1 saturated carbocycles. The highest BCUT2D eigenvalue weighted by Gasteiger charge is 2.27. The monoisotopic (exact) mass is 166 g/mol. The second-order valence-electron chi connectivity index (χ2n) is 5.36. The molecule has 0 aromatic carbocycles. The van der Waals surface area contributed by atoms with Crippen molar-refractivity contribution < 1.29 is 0 Å². The van der Waals surface area contributed by atoms with E-state index in [-0.39, 0.29) is 0 Å². The van der Waals surface area contributed by atoms with Crippen LogP contribution in [0.2, 0.25) is 0 Å². The zero-order valence-electron chi connectivity index (χ0n) is 8.98. The predicted molar refractivity (Wildman–Crippen MR) is 55.1 cm³/mol. The highest BCUT2D eigenvalue weighted by molar-refractivity contribution is 5.09. The fourth-order valence-electron chi connectivity index (χ4n) is 1.74. The van der Waals surface area contributed by atoms with E-state index in [9.17, 15) is 0 Å². The molecule has 0 heteroatoms. The van der Waals surface area contributed by atoms with Gasteiger partial charge in [0.1, 0.15) is 0 Å². The maximum atomic E-state index is 4.21. The topological polar surface area (TPSA) is 0 Å². The quantitative estimate of drug-likeness (QED) is 0.555. The molecule has 0 heterocycles. The van der Waals surface area contributed by atoms with Crippen molar-refractivity contribution in [1.82, 2.24) is 0 Å². The smallest absolute Gasteiger partial charge is 0.0173 e. The summed E-state index contributed by atoms with van der Waals surface area (Å²) < 4.78 is 0. The molecule has 0 N–H and O–H groups in total. The molecule has 0 aromatic heterocycles. The minimum atomic E-state index is 0.300. The van der Waals surface area contributed by atoms with Crippen molar-refractivity contribution >= 4 is 0 Å². The Bertz CT molecular complexity index is 167. The first-order valence-corrected chi connectivity index (χ1v) is 5.10. The van der Waals surface area contributed by atoms with E-state index in [2.05, 4.69) is 34.3 Å². The molecular weight excluding hydrogens is 144 g/mol. The molecule has 1 atom stereocenters. The van der Waals surface area contributed by atoms with Crippen molar-refractivity contribution in [3.63, 3.8) is 0 Å². The molecule has 12 heavy (non-hydrogen) atoms. The summed E-state index contributed by atoms with van der Waals surface area (Å²) in [5.41, 5.74) is 1.73. The van der Waals surface area contributed by atoms with Gasteiger partial charge >= 0.3 is 0 Å². The molecule has 0 nitrogen and oxygen atoms in total. The van der Waals surface area contributed by atoms with Crippen LogP contribution in [-0.2, 0) is 0 Å². The Morgan fingerprint density at radius 1 is 1.42 bits per heavy atom. The van der Waals surface area contributed by atoms with Crippen LogP contribution in [0.25, 0.3) is 0 Å². The van der Waals surface area contributed by atoms with Crippen LogP contribution in [0, 0.1) is 17.3 Å². The minimum Gasteiger partial charge on any atom is -0.0991 e. The molecule has 1 aliphatic carbocycles. The van der Waals surface area contributed by atoms with Crippen molar-refractivity contribution in [2.45, 2.75) is 47.0 Å². The normalized spacial score (nSPS) is 20.7. The van der Waals surface area contributed by atoms with Crippen molar-refractivity contribution in [2.75, 3.05) is 0 Å². The summed E-state index contributed by atoms with van der Waals surface area (Å²) in [6.45, 7) is 13.3. The van der Waals surface area contributed by atoms with E-state index in [1.165, 1.54) is 24.8 Å². The summed E-state index contributed by atoms with van der Waals surface area (Å²) in [7, 11) is 0. The zero-order valence-corrected chi connectivity index (χ0v) is 8.98. The summed E-state index contributed by atoms with van der Waals surface area (Å²) >= 11 is 0. The Morgan fingerprint density at radius 2 is 1.92 bits per heavy atom. The van der Waals surface area contributed by atoms with E-state index >= 15 is 0 Å². The van der Waals surface area contributed by atoms with Gasteiger partial charge < -0.3 is 0 Å². The molecule has 70 valence electrons. The molecule has 1 rings (SSSR count). The van der Waals surface area contributed by atoms with Crippen LogP contribution in [0.3, 0.4) is 0 Å². The van der Waals surface area contributed by atoms with Crippen LogP contribution in [0.5, 0.6) is 0 Å². The van der Waals surface area contributed by atoms with Gasteiger partial charge in [-0.1, -0.05) is 52.7 Å². The molecular formula is C12H22. The highest BCUT2D eigenvalue weighted by Crippen LogP contribution is 2.40. The van der Waals surface area contributed by atoms with Crippen LogP contribution < -0.4 is 0 Å². The fraction of sp³-hybridized carbons (Fsp3) is 0.833. The zero-order chi connectivity index (χ0) is 9.35. The summed E-state index contributed by atoms with van der Waals surface area (Å²) in [4.78, 5) is 0. The second-order valence-corrected chi connectivity index (χ2v) is 5.36. The van der Waals surface area contributed by atoms with Gasteiger partial charge in [-0.25, -0.2) is 0 Å². The molecule has 0 aliphatic heterocycles. The lowest BCUT2D eigenvalue weighted by Crippen LogP contribution is -2.15. The SMILES string of the molecule is C=C(C(C)CC1CC1)C(C)(C)C. The number of rotatable bonds is 3. The van der Waals surface area contributed by atoms with E-state index in [1.54, 1.807) is 0 Å². The average Bonchev–Trinajstić information content (AvgIpc) is 2.68. The third-order valence-electron chi connectivity index (χ3n) is 2.94. The maximum absolute atomic E-state index is 4.21. The van der Waals surface area contributed by atoms with Crippen LogP contribution in [-0.4, -0.2) is 0 Å². The number of hydrogen-bond acceptors (Lipinski definition) is 0. The van der Waals surface area contributed by atoms with E-state index in [4.69, 9.17) is 0 Å². The molecule has 0 radical (unpaired) electrons. The van der Waals surface area contributed by atoms with Crippen molar-refractivity contribution in [3.05, 3.63) is 12.2 Å². The van der Waals surface area contributed by atoms with Gasteiger partial charge in [0, 0.05) is 0 Å². The van der Waals surface area contributed by atoms with E-state index in [0.29, 0.717) is 5.41 Å². The summed E-state index contributed by atoms with van der Waals surface area (Å²) in [6, 6.07) is 0. The van der Waals surface area contributed by atoms with Gasteiger partial charge in [0.15, 0.2) is 0 Å². The fourth-order valence-corrected chi connectivity index (χ4v) is 1.74. The van der Waals surface area contributed by atoms with Gasteiger partial charge in [-0.2, -0.15) is 0 Å². The van der Waals surface area contributed by atoms with Gasteiger partial charge in [0.2, 0.25) is 0 Å². The van der Waals surface area contributed by atoms with Crippen LogP contribution >= 0.6 is 0 Å². The molecule has 0 bridgehead atoms. The van der Waals surface area contributed by atoms with E-state index in [1.807, 2.05) is 0 Å². The lowest BCUT2D eigenvalue weighted by Gasteiger charge is -2.27. The van der Waals surface area contributed by atoms with Crippen LogP contribution in [0.15, 0.2) is 12.2 Å². The van der Waals surface area contributed by atoms with Crippen molar-refractivity contribution in [2.24, 2.45) is 17.3 Å². The molecule has 1 unspecified atom stereocenters. The van der Waals surface area contributed by atoms with Gasteiger partial charge in [-0.3, -0.25) is 0 Å². The second kappa shape index (κ2) is 3.24. The molecule has 0 spiro atoms. The van der Waals surface area contributed by atoms with E-state index in [0.717, 1.165) is 11.8 Å². The standard InChI is InChI=1S/C12H22/c1-9(8-11-6-7-11)10(2)12(3,4)5/h9,11H,2,6-8H2,1,3-5H3.